The SMILES string of the molecule is CCN(CCOC)C1CCCCC1C(=O)O. The summed E-state index contributed by atoms with van der Waals surface area (Å²) in [5.74, 6) is -0.828. The number of carboxylic acids is 1. The first-order valence-corrected chi connectivity index (χ1v) is 6.16. The topological polar surface area (TPSA) is 49.8 Å². The number of likely N-dealkylation sites (N-methyl/N-ethyl adjacent to an activating group) is 1. The summed E-state index contributed by atoms with van der Waals surface area (Å²) in [5, 5.41) is 9.22. The van der Waals surface area contributed by atoms with E-state index in [4.69, 9.17) is 4.74 Å². The lowest BCUT2D eigenvalue weighted by Crippen LogP contribution is -2.46. The van der Waals surface area contributed by atoms with Crippen LogP contribution in [0.5, 0.6) is 0 Å². The minimum Gasteiger partial charge on any atom is -0.481 e. The molecule has 1 aliphatic rings. The van der Waals surface area contributed by atoms with Crippen molar-refractivity contribution in [2.75, 3.05) is 26.8 Å². The van der Waals surface area contributed by atoms with Crippen molar-refractivity contribution in [3.05, 3.63) is 0 Å². The van der Waals surface area contributed by atoms with Gasteiger partial charge in [-0.3, -0.25) is 9.69 Å². The van der Waals surface area contributed by atoms with E-state index in [1.165, 1.54) is 0 Å². The average molecular weight is 229 g/mol. The van der Waals surface area contributed by atoms with Gasteiger partial charge >= 0.3 is 5.97 Å². The van der Waals surface area contributed by atoms with Crippen LogP contribution in [-0.4, -0.2) is 48.8 Å². The molecule has 0 heterocycles. The molecule has 0 radical (unpaired) electrons. The van der Waals surface area contributed by atoms with Gasteiger partial charge in [-0.1, -0.05) is 19.8 Å². The van der Waals surface area contributed by atoms with Crippen LogP contribution < -0.4 is 0 Å². The van der Waals surface area contributed by atoms with Crippen molar-refractivity contribution in [3.63, 3.8) is 0 Å². The predicted molar refractivity (Wildman–Crippen MR) is 62.5 cm³/mol. The van der Waals surface area contributed by atoms with Crippen LogP contribution in [0.2, 0.25) is 0 Å². The molecule has 4 nitrogen and oxygen atoms in total. The maximum absolute atomic E-state index is 11.2. The van der Waals surface area contributed by atoms with Crippen LogP contribution >= 0.6 is 0 Å². The first-order chi connectivity index (χ1) is 7.70. The maximum atomic E-state index is 11.2. The zero-order valence-electron chi connectivity index (χ0n) is 10.3. The van der Waals surface area contributed by atoms with Crippen LogP contribution in [0.1, 0.15) is 32.6 Å². The van der Waals surface area contributed by atoms with Crippen LogP contribution in [-0.2, 0) is 9.53 Å². The van der Waals surface area contributed by atoms with Gasteiger partial charge in [0.15, 0.2) is 0 Å². The Labute approximate surface area is 97.6 Å². The Morgan fingerprint density at radius 3 is 2.69 bits per heavy atom. The van der Waals surface area contributed by atoms with Gasteiger partial charge in [-0.15, -0.1) is 0 Å². The van der Waals surface area contributed by atoms with E-state index in [1.807, 2.05) is 0 Å². The molecule has 1 saturated carbocycles. The van der Waals surface area contributed by atoms with E-state index in [-0.39, 0.29) is 12.0 Å². The third kappa shape index (κ3) is 3.46. The molecule has 2 atom stereocenters. The summed E-state index contributed by atoms with van der Waals surface area (Å²) < 4.78 is 5.07. The van der Waals surface area contributed by atoms with Crippen LogP contribution in [0.25, 0.3) is 0 Å². The number of aliphatic carboxylic acids is 1. The molecule has 2 unspecified atom stereocenters. The summed E-state index contributed by atoms with van der Waals surface area (Å²) >= 11 is 0. The second-order valence-electron chi connectivity index (χ2n) is 4.42. The Morgan fingerprint density at radius 2 is 2.12 bits per heavy atom. The zero-order chi connectivity index (χ0) is 12.0. The van der Waals surface area contributed by atoms with E-state index >= 15 is 0 Å². The normalized spacial score (nSPS) is 25.9. The minimum absolute atomic E-state index is 0.189. The maximum Gasteiger partial charge on any atom is 0.308 e. The Hall–Kier alpha value is -0.610. The summed E-state index contributed by atoms with van der Waals surface area (Å²) in [4.78, 5) is 13.5. The summed E-state index contributed by atoms with van der Waals surface area (Å²) in [6.07, 6.45) is 4.03. The molecular formula is C12H23NO3. The van der Waals surface area contributed by atoms with Gasteiger partial charge in [-0.05, 0) is 19.4 Å². The van der Waals surface area contributed by atoms with Crippen LogP contribution in [0.15, 0.2) is 0 Å². The van der Waals surface area contributed by atoms with Crippen LogP contribution in [0.3, 0.4) is 0 Å². The smallest absolute Gasteiger partial charge is 0.308 e. The number of methoxy groups -OCH3 is 1. The van der Waals surface area contributed by atoms with E-state index in [2.05, 4.69) is 11.8 Å². The van der Waals surface area contributed by atoms with Gasteiger partial charge in [-0.2, -0.15) is 0 Å². The number of hydrogen-bond acceptors (Lipinski definition) is 3. The fourth-order valence-electron chi connectivity index (χ4n) is 2.60. The third-order valence-corrected chi connectivity index (χ3v) is 3.50. The van der Waals surface area contributed by atoms with Crippen molar-refractivity contribution >= 4 is 5.97 Å². The fourth-order valence-corrected chi connectivity index (χ4v) is 2.60. The summed E-state index contributed by atoms with van der Waals surface area (Å²) in [6.45, 7) is 4.50. The van der Waals surface area contributed by atoms with Gasteiger partial charge in [0.05, 0.1) is 12.5 Å². The number of rotatable bonds is 6. The molecule has 0 amide bonds. The number of hydrogen-bond donors (Lipinski definition) is 1. The van der Waals surface area contributed by atoms with Crippen molar-refractivity contribution in [1.29, 1.82) is 0 Å². The van der Waals surface area contributed by atoms with E-state index in [0.717, 1.165) is 38.8 Å². The number of ether oxygens (including phenoxy) is 1. The van der Waals surface area contributed by atoms with E-state index in [1.54, 1.807) is 7.11 Å². The van der Waals surface area contributed by atoms with Crippen molar-refractivity contribution in [3.8, 4) is 0 Å². The average Bonchev–Trinajstić information content (AvgIpc) is 2.30. The quantitative estimate of drug-likeness (QED) is 0.751. The largest absolute Gasteiger partial charge is 0.481 e. The van der Waals surface area contributed by atoms with Crippen LogP contribution in [0, 0.1) is 5.92 Å². The van der Waals surface area contributed by atoms with Gasteiger partial charge in [0.25, 0.3) is 0 Å². The first-order valence-electron chi connectivity index (χ1n) is 6.16. The zero-order valence-corrected chi connectivity index (χ0v) is 10.3. The predicted octanol–water partition coefficient (Wildman–Crippen LogP) is 1.60. The van der Waals surface area contributed by atoms with Crippen LogP contribution in [0.4, 0.5) is 0 Å². The molecule has 0 spiro atoms. The molecule has 0 aromatic heterocycles. The molecule has 1 aliphatic carbocycles. The molecule has 0 saturated heterocycles. The highest BCUT2D eigenvalue weighted by atomic mass is 16.5. The first kappa shape index (κ1) is 13.5. The van der Waals surface area contributed by atoms with Crippen molar-refractivity contribution < 1.29 is 14.6 Å². The number of carboxylic acid groups (broad SMARTS) is 1. The molecule has 0 aliphatic heterocycles. The highest BCUT2D eigenvalue weighted by molar-refractivity contribution is 5.71. The molecule has 94 valence electrons. The molecule has 16 heavy (non-hydrogen) atoms. The molecular weight excluding hydrogens is 206 g/mol. The van der Waals surface area contributed by atoms with Gasteiger partial charge in [0.1, 0.15) is 0 Å². The second kappa shape index (κ2) is 6.86. The molecule has 4 heteroatoms. The van der Waals surface area contributed by atoms with Crippen molar-refractivity contribution in [2.45, 2.75) is 38.6 Å². The fraction of sp³-hybridized carbons (Fsp3) is 0.917. The third-order valence-electron chi connectivity index (χ3n) is 3.50. The van der Waals surface area contributed by atoms with Gasteiger partial charge in [0.2, 0.25) is 0 Å². The molecule has 1 N–H and O–H groups in total. The highest BCUT2D eigenvalue weighted by Gasteiger charge is 2.33. The molecule has 0 aromatic rings. The van der Waals surface area contributed by atoms with Crippen molar-refractivity contribution in [1.82, 2.24) is 4.90 Å². The summed E-state index contributed by atoms with van der Waals surface area (Å²) in [7, 11) is 1.68. The summed E-state index contributed by atoms with van der Waals surface area (Å²) in [5.41, 5.74) is 0. The monoisotopic (exact) mass is 229 g/mol. The summed E-state index contributed by atoms with van der Waals surface area (Å²) in [6, 6.07) is 0.200. The Bertz CT molecular complexity index is 220. The van der Waals surface area contributed by atoms with E-state index in [0.29, 0.717) is 6.61 Å². The standard InChI is InChI=1S/C12H23NO3/c1-3-13(8-9-16-2)11-7-5-4-6-10(11)12(14)15/h10-11H,3-9H2,1-2H3,(H,14,15). The number of carbonyl (C=O) groups is 1. The second-order valence-corrected chi connectivity index (χ2v) is 4.42. The Balaban J connectivity index is 2.60. The van der Waals surface area contributed by atoms with Crippen molar-refractivity contribution in [2.24, 2.45) is 5.92 Å². The Kier molecular flexibility index (Phi) is 5.77. The number of nitrogens with zero attached hydrogens (tertiary/aromatic N) is 1. The van der Waals surface area contributed by atoms with Gasteiger partial charge in [-0.25, -0.2) is 0 Å². The van der Waals surface area contributed by atoms with E-state index < -0.39 is 5.97 Å². The molecule has 1 rings (SSSR count). The lowest BCUT2D eigenvalue weighted by molar-refractivity contribution is -0.145. The van der Waals surface area contributed by atoms with Gasteiger partial charge < -0.3 is 9.84 Å². The molecule has 1 fully saturated rings. The lowest BCUT2D eigenvalue weighted by Gasteiger charge is -2.37. The molecule has 0 bridgehead atoms. The molecule has 0 aromatic carbocycles. The van der Waals surface area contributed by atoms with E-state index in [9.17, 15) is 9.90 Å². The minimum atomic E-state index is -0.638. The lowest BCUT2D eigenvalue weighted by atomic mass is 9.83. The van der Waals surface area contributed by atoms with Gasteiger partial charge in [0, 0.05) is 19.7 Å². The Morgan fingerprint density at radius 1 is 1.44 bits per heavy atom. The highest BCUT2D eigenvalue weighted by Crippen LogP contribution is 2.28.